The first-order valence-corrected chi connectivity index (χ1v) is 7.96. The number of hydrogen-bond acceptors (Lipinski definition) is 6. The zero-order chi connectivity index (χ0) is 14.7. The fourth-order valence-corrected chi connectivity index (χ4v) is 3.72. The van der Waals surface area contributed by atoms with E-state index in [9.17, 15) is 0 Å². The van der Waals surface area contributed by atoms with Crippen molar-refractivity contribution >= 4 is 22.4 Å². The summed E-state index contributed by atoms with van der Waals surface area (Å²) in [6.45, 7) is 2.92. The molecule has 0 unspecified atom stereocenters. The summed E-state index contributed by atoms with van der Waals surface area (Å²) in [5.41, 5.74) is 8.15. The predicted molar refractivity (Wildman–Crippen MR) is 86.6 cm³/mol. The standard InChI is InChI=1S/C15H20N4OS/c1-20-10-11-4-7-19(8-5-11)15-13(14(16)18-21-15)12-3-2-6-17-9-12/h2-3,6,9,11H,4-5,7-8,10H2,1H3,(H2,16,18). The summed E-state index contributed by atoms with van der Waals surface area (Å²) in [5.74, 6) is 1.26. The number of rotatable bonds is 4. The predicted octanol–water partition coefficient (Wildman–Crippen LogP) is 2.65. The van der Waals surface area contributed by atoms with Gasteiger partial charge in [-0.1, -0.05) is 6.07 Å². The summed E-state index contributed by atoms with van der Waals surface area (Å²) in [6.07, 6.45) is 5.92. The van der Waals surface area contributed by atoms with Crippen molar-refractivity contribution in [2.75, 3.05) is 37.4 Å². The Morgan fingerprint density at radius 3 is 2.90 bits per heavy atom. The van der Waals surface area contributed by atoms with Crippen LogP contribution in [-0.4, -0.2) is 36.2 Å². The minimum Gasteiger partial charge on any atom is -0.384 e. The van der Waals surface area contributed by atoms with Crippen molar-refractivity contribution < 1.29 is 4.74 Å². The number of pyridine rings is 1. The number of hydrogen-bond donors (Lipinski definition) is 1. The molecule has 0 spiro atoms. The van der Waals surface area contributed by atoms with Crippen LogP contribution < -0.4 is 10.6 Å². The maximum Gasteiger partial charge on any atom is 0.147 e. The average Bonchev–Trinajstić information content (AvgIpc) is 2.91. The Kier molecular flexibility index (Phi) is 4.36. The van der Waals surface area contributed by atoms with Crippen LogP contribution in [0.5, 0.6) is 0 Å². The summed E-state index contributed by atoms with van der Waals surface area (Å²) in [4.78, 5) is 6.58. The van der Waals surface area contributed by atoms with E-state index in [1.54, 1.807) is 13.3 Å². The van der Waals surface area contributed by atoms with Crippen molar-refractivity contribution in [3.8, 4) is 11.1 Å². The molecule has 0 atom stereocenters. The smallest absolute Gasteiger partial charge is 0.147 e. The van der Waals surface area contributed by atoms with Gasteiger partial charge in [0.2, 0.25) is 0 Å². The van der Waals surface area contributed by atoms with Crippen molar-refractivity contribution in [1.29, 1.82) is 0 Å². The molecule has 3 rings (SSSR count). The number of piperidine rings is 1. The Balaban J connectivity index is 1.81. The SMILES string of the molecule is COCC1CCN(c2snc(N)c2-c2cccnc2)CC1. The lowest BCUT2D eigenvalue weighted by atomic mass is 9.97. The second-order valence-electron chi connectivity index (χ2n) is 5.38. The Morgan fingerprint density at radius 1 is 1.43 bits per heavy atom. The van der Waals surface area contributed by atoms with Crippen molar-refractivity contribution in [1.82, 2.24) is 9.36 Å². The summed E-state index contributed by atoms with van der Waals surface area (Å²) in [6, 6.07) is 3.97. The Bertz CT molecular complexity index is 579. The van der Waals surface area contributed by atoms with Crippen LogP contribution in [0.2, 0.25) is 0 Å². The largest absolute Gasteiger partial charge is 0.384 e. The molecule has 2 aromatic heterocycles. The average molecular weight is 304 g/mol. The summed E-state index contributed by atoms with van der Waals surface area (Å²) >= 11 is 1.48. The molecule has 1 aliphatic heterocycles. The van der Waals surface area contributed by atoms with Crippen molar-refractivity contribution in [2.24, 2.45) is 5.92 Å². The highest BCUT2D eigenvalue weighted by Crippen LogP contribution is 2.40. The quantitative estimate of drug-likeness (QED) is 0.940. The molecule has 1 aliphatic rings. The zero-order valence-corrected chi connectivity index (χ0v) is 13.0. The van der Waals surface area contributed by atoms with Crippen molar-refractivity contribution in [3.63, 3.8) is 0 Å². The highest BCUT2D eigenvalue weighted by molar-refractivity contribution is 7.11. The molecule has 1 saturated heterocycles. The van der Waals surface area contributed by atoms with Gasteiger partial charge < -0.3 is 15.4 Å². The van der Waals surface area contributed by atoms with Crippen LogP contribution in [0.25, 0.3) is 11.1 Å². The van der Waals surface area contributed by atoms with E-state index in [0.29, 0.717) is 11.7 Å². The van der Waals surface area contributed by atoms with Crippen LogP contribution in [0.1, 0.15) is 12.8 Å². The molecule has 2 N–H and O–H groups in total. The maximum absolute atomic E-state index is 6.08. The summed E-state index contributed by atoms with van der Waals surface area (Å²) in [7, 11) is 1.77. The lowest BCUT2D eigenvalue weighted by Crippen LogP contribution is -2.34. The highest BCUT2D eigenvalue weighted by atomic mass is 32.1. The molecule has 0 amide bonds. The van der Waals surface area contributed by atoms with Gasteiger partial charge in [0.15, 0.2) is 0 Å². The van der Waals surface area contributed by atoms with Crippen LogP contribution in [0.3, 0.4) is 0 Å². The van der Waals surface area contributed by atoms with E-state index in [2.05, 4.69) is 14.3 Å². The van der Waals surface area contributed by atoms with E-state index in [-0.39, 0.29) is 0 Å². The minimum absolute atomic E-state index is 0.599. The van der Waals surface area contributed by atoms with Crippen LogP contribution >= 0.6 is 11.5 Å². The first-order valence-electron chi connectivity index (χ1n) is 7.19. The molecular formula is C15H20N4OS. The second-order valence-corrected chi connectivity index (χ2v) is 6.13. The van der Waals surface area contributed by atoms with Gasteiger partial charge in [-0.3, -0.25) is 4.98 Å². The van der Waals surface area contributed by atoms with Gasteiger partial charge >= 0.3 is 0 Å². The molecule has 0 saturated carbocycles. The molecule has 1 fully saturated rings. The minimum atomic E-state index is 0.599. The monoisotopic (exact) mass is 304 g/mol. The molecule has 21 heavy (non-hydrogen) atoms. The van der Waals surface area contributed by atoms with Gasteiger partial charge in [0, 0.05) is 44.8 Å². The fraction of sp³-hybridized carbons (Fsp3) is 0.467. The molecule has 6 heteroatoms. The van der Waals surface area contributed by atoms with E-state index < -0.39 is 0 Å². The molecule has 2 aromatic rings. The molecule has 112 valence electrons. The number of nitrogens with zero attached hydrogens (tertiary/aromatic N) is 3. The molecule has 3 heterocycles. The van der Waals surface area contributed by atoms with Gasteiger partial charge in [-0.2, -0.15) is 4.37 Å². The third-order valence-electron chi connectivity index (χ3n) is 3.95. The number of nitrogens with two attached hydrogens (primary N) is 1. The van der Waals surface area contributed by atoms with E-state index in [1.807, 2.05) is 18.3 Å². The van der Waals surface area contributed by atoms with Crippen molar-refractivity contribution in [3.05, 3.63) is 24.5 Å². The number of methoxy groups -OCH3 is 1. The topological polar surface area (TPSA) is 64.3 Å². The number of ether oxygens (including phenoxy) is 1. The van der Waals surface area contributed by atoms with E-state index >= 15 is 0 Å². The normalized spacial score (nSPS) is 16.3. The summed E-state index contributed by atoms with van der Waals surface area (Å²) < 4.78 is 9.61. The third kappa shape index (κ3) is 3.01. The maximum atomic E-state index is 6.08. The number of aromatic nitrogens is 2. The van der Waals surface area contributed by atoms with Crippen LogP contribution in [0.4, 0.5) is 10.8 Å². The van der Waals surface area contributed by atoms with Crippen LogP contribution in [0, 0.1) is 5.92 Å². The van der Waals surface area contributed by atoms with E-state index in [1.165, 1.54) is 11.5 Å². The third-order valence-corrected chi connectivity index (χ3v) is 4.88. The number of anilines is 2. The van der Waals surface area contributed by atoms with Crippen molar-refractivity contribution in [2.45, 2.75) is 12.8 Å². The van der Waals surface area contributed by atoms with Gasteiger partial charge in [-0.15, -0.1) is 0 Å². The Labute approximate surface area is 128 Å². The van der Waals surface area contributed by atoms with Gasteiger partial charge in [0.1, 0.15) is 10.8 Å². The first-order chi connectivity index (χ1) is 10.3. The first kappa shape index (κ1) is 14.3. The van der Waals surface area contributed by atoms with Gasteiger partial charge in [-0.25, -0.2) is 0 Å². The molecule has 0 aromatic carbocycles. The lowest BCUT2D eigenvalue weighted by molar-refractivity contribution is 0.139. The Morgan fingerprint density at radius 2 is 2.24 bits per heavy atom. The summed E-state index contributed by atoms with van der Waals surface area (Å²) in [5, 5.41) is 1.16. The van der Waals surface area contributed by atoms with E-state index in [4.69, 9.17) is 10.5 Å². The number of nitrogen functional groups attached to an aromatic ring is 1. The Hall–Kier alpha value is -1.66. The molecular weight excluding hydrogens is 284 g/mol. The van der Waals surface area contributed by atoms with E-state index in [0.717, 1.165) is 48.7 Å². The second kappa shape index (κ2) is 6.41. The lowest BCUT2D eigenvalue weighted by Gasteiger charge is -2.32. The van der Waals surface area contributed by atoms with Gasteiger partial charge in [0.25, 0.3) is 0 Å². The zero-order valence-electron chi connectivity index (χ0n) is 12.2. The van der Waals surface area contributed by atoms with Gasteiger partial charge in [-0.05, 0) is 36.4 Å². The molecule has 0 bridgehead atoms. The molecule has 0 radical (unpaired) electrons. The molecule has 5 nitrogen and oxygen atoms in total. The van der Waals surface area contributed by atoms with Crippen LogP contribution in [0.15, 0.2) is 24.5 Å². The van der Waals surface area contributed by atoms with Crippen LogP contribution in [-0.2, 0) is 4.74 Å². The molecule has 0 aliphatic carbocycles. The fourth-order valence-electron chi connectivity index (χ4n) is 2.83. The van der Waals surface area contributed by atoms with Gasteiger partial charge in [0.05, 0.1) is 5.56 Å². The highest BCUT2D eigenvalue weighted by Gasteiger charge is 2.24.